The second-order valence-electron chi connectivity index (χ2n) is 4.05. The van der Waals surface area contributed by atoms with E-state index < -0.39 is 0 Å². The fourth-order valence-corrected chi connectivity index (χ4v) is 1.82. The van der Waals surface area contributed by atoms with Gasteiger partial charge in [0.15, 0.2) is 0 Å². The van der Waals surface area contributed by atoms with Crippen molar-refractivity contribution in [2.45, 2.75) is 0 Å². The number of nitrogen functional groups attached to an aromatic ring is 1. The maximum Gasteiger partial charge on any atom is 0.143 e. The summed E-state index contributed by atoms with van der Waals surface area (Å²) in [6.07, 6.45) is 1.68. The van der Waals surface area contributed by atoms with Crippen molar-refractivity contribution in [1.82, 2.24) is 4.98 Å². The highest BCUT2D eigenvalue weighted by atomic mass is 16.5. The second kappa shape index (κ2) is 5.39. The van der Waals surface area contributed by atoms with Crippen LogP contribution < -0.4 is 15.4 Å². The highest BCUT2D eigenvalue weighted by molar-refractivity contribution is 6.00. The monoisotopic (exact) mass is 256 g/mol. The molecule has 0 amide bonds. The van der Waals surface area contributed by atoms with E-state index in [4.69, 9.17) is 15.9 Å². The summed E-state index contributed by atoms with van der Waals surface area (Å²) in [4.78, 5) is 6.17. The molecule has 3 N–H and O–H groups in total. The molecule has 1 aromatic heterocycles. The van der Waals surface area contributed by atoms with E-state index in [1.54, 1.807) is 25.4 Å². The Morgan fingerprint density at radius 1 is 1.32 bits per heavy atom. The molecule has 0 spiro atoms. The van der Waals surface area contributed by atoms with Crippen molar-refractivity contribution < 1.29 is 4.74 Å². The molecule has 0 saturated carbocycles. The van der Waals surface area contributed by atoms with E-state index >= 15 is 0 Å². The van der Waals surface area contributed by atoms with E-state index in [9.17, 15) is 0 Å². The Hall–Kier alpha value is -2.56. The zero-order valence-electron chi connectivity index (χ0n) is 10.9. The van der Waals surface area contributed by atoms with Gasteiger partial charge >= 0.3 is 0 Å². The van der Waals surface area contributed by atoms with Crippen LogP contribution in [-0.2, 0) is 0 Å². The smallest absolute Gasteiger partial charge is 0.143 e. The number of ether oxygens (including phenoxy) is 1. The quantitative estimate of drug-likeness (QED) is 0.649. The topological polar surface area (TPSA) is 75.2 Å². The van der Waals surface area contributed by atoms with E-state index in [1.807, 2.05) is 36.2 Å². The highest BCUT2D eigenvalue weighted by Crippen LogP contribution is 2.27. The molecule has 0 aliphatic carbocycles. The lowest BCUT2D eigenvalue weighted by atomic mass is 10.2. The molecule has 5 nitrogen and oxygen atoms in total. The second-order valence-corrected chi connectivity index (χ2v) is 4.05. The first-order valence-electron chi connectivity index (χ1n) is 5.80. The predicted molar refractivity (Wildman–Crippen MR) is 76.3 cm³/mol. The number of rotatable bonds is 4. The van der Waals surface area contributed by atoms with Gasteiger partial charge in [0, 0.05) is 25.0 Å². The largest absolute Gasteiger partial charge is 0.497 e. The number of benzene rings is 1. The van der Waals surface area contributed by atoms with Crippen molar-refractivity contribution in [3.05, 3.63) is 48.2 Å². The van der Waals surface area contributed by atoms with Gasteiger partial charge in [-0.15, -0.1) is 0 Å². The number of hydrogen-bond acceptors (Lipinski definition) is 4. The van der Waals surface area contributed by atoms with Gasteiger partial charge in [0.05, 0.1) is 12.7 Å². The minimum Gasteiger partial charge on any atom is -0.497 e. The Morgan fingerprint density at radius 2 is 2.11 bits per heavy atom. The number of nitrogens with two attached hydrogens (primary N) is 1. The minimum absolute atomic E-state index is 0.00199. The molecule has 0 fully saturated rings. The number of nitrogens with zero attached hydrogens (tertiary/aromatic N) is 2. The van der Waals surface area contributed by atoms with Crippen LogP contribution in [0.2, 0.25) is 0 Å². The number of pyridine rings is 1. The van der Waals surface area contributed by atoms with Crippen LogP contribution >= 0.6 is 0 Å². The number of aromatic nitrogens is 1. The maximum atomic E-state index is 7.60. The summed E-state index contributed by atoms with van der Waals surface area (Å²) >= 11 is 0. The molecule has 2 aromatic rings. The molecule has 1 heterocycles. The molecule has 0 unspecified atom stereocenters. The first-order chi connectivity index (χ1) is 9.13. The number of amidine groups is 1. The Bertz CT molecular complexity index is 598. The predicted octanol–water partition coefficient (Wildman–Crippen LogP) is 2.14. The normalized spacial score (nSPS) is 10.0. The van der Waals surface area contributed by atoms with Gasteiger partial charge in [0.1, 0.15) is 17.4 Å². The van der Waals surface area contributed by atoms with Crippen molar-refractivity contribution >= 4 is 17.3 Å². The van der Waals surface area contributed by atoms with Crippen LogP contribution in [0.3, 0.4) is 0 Å². The van der Waals surface area contributed by atoms with E-state index in [1.165, 1.54) is 0 Å². The third kappa shape index (κ3) is 2.65. The fraction of sp³-hybridized carbons (Fsp3) is 0.143. The van der Waals surface area contributed by atoms with Gasteiger partial charge < -0.3 is 15.4 Å². The summed E-state index contributed by atoms with van der Waals surface area (Å²) < 4.78 is 5.20. The van der Waals surface area contributed by atoms with Crippen LogP contribution in [0.4, 0.5) is 11.5 Å². The molecule has 0 saturated heterocycles. The number of hydrogen-bond donors (Lipinski definition) is 2. The van der Waals surface area contributed by atoms with Crippen molar-refractivity contribution in [3.8, 4) is 5.75 Å². The molecule has 0 atom stereocenters. The molecule has 0 aliphatic heterocycles. The summed E-state index contributed by atoms with van der Waals surface area (Å²) in [5, 5.41) is 7.60. The molecule has 19 heavy (non-hydrogen) atoms. The number of nitrogens with one attached hydrogen (secondary N) is 1. The first kappa shape index (κ1) is 12.9. The van der Waals surface area contributed by atoms with E-state index in [2.05, 4.69) is 4.98 Å². The van der Waals surface area contributed by atoms with Crippen LogP contribution in [-0.4, -0.2) is 25.0 Å². The van der Waals surface area contributed by atoms with Gasteiger partial charge in [-0.2, -0.15) is 0 Å². The van der Waals surface area contributed by atoms with Gasteiger partial charge in [0.2, 0.25) is 0 Å². The lowest BCUT2D eigenvalue weighted by Crippen LogP contribution is -2.19. The van der Waals surface area contributed by atoms with Crippen molar-refractivity contribution in [3.63, 3.8) is 0 Å². The van der Waals surface area contributed by atoms with Crippen molar-refractivity contribution in [1.29, 1.82) is 5.41 Å². The summed E-state index contributed by atoms with van der Waals surface area (Å²) in [5.74, 6) is 1.41. The Kier molecular flexibility index (Phi) is 3.66. The number of anilines is 2. The summed E-state index contributed by atoms with van der Waals surface area (Å²) in [7, 11) is 3.50. The van der Waals surface area contributed by atoms with Crippen molar-refractivity contribution in [2.24, 2.45) is 5.73 Å². The van der Waals surface area contributed by atoms with Gasteiger partial charge in [-0.3, -0.25) is 5.41 Å². The van der Waals surface area contributed by atoms with E-state index in [0.717, 1.165) is 11.4 Å². The summed E-state index contributed by atoms with van der Waals surface area (Å²) in [6, 6.07) is 11.2. The maximum absolute atomic E-state index is 7.60. The molecule has 0 aliphatic rings. The van der Waals surface area contributed by atoms with Crippen LogP contribution in [0.15, 0.2) is 42.6 Å². The molecule has 98 valence electrons. The molecule has 0 bridgehead atoms. The Labute approximate surface area is 112 Å². The average Bonchev–Trinajstić information content (AvgIpc) is 2.46. The SMILES string of the molecule is COc1cccc(N(C)c2ncccc2C(=N)N)c1. The number of methoxy groups -OCH3 is 1. The van der Waals surface area contributed by atoms with Gasteiger partial charge in [-0.05, 0) is 24.3 Å². The van der Waals surface area contributed by atoms with Gasteiger partial charge in [-0.25, -0.2) is 4.98 Å². The van der Waals surface area contributed by atoms with Gasteiger partial charge in [0.25, 0.3) is 0 Å². The van der Waals surface area contributed by atoms with E-state index in [-0.39, 0.29) is 5.84 Å². The lowest BCUT2D eigenvalue weighted by molar-refractivity contribution is 0.415. The Morgan fingerprint density at radius 3 is 2.79 bits per heavy atom. The highest BCUT2D eigenvalue weighted by Gasteiger charge is 2.12. The van der Waals surface area contributed by atoms with Crippen LogP contribution in [0.5, 0.6) is 5.75 Å². The summed E-state index contributed by atoms with van der Waals surface area (Å²) in [5.41, 5.74) is 7.10. The van der Waals surface area contributed by atoms with Gasteiger partial charge in [-0.1, -0.05) is 6.07 Å². The third-order valence-corrected chi connectivity index (χ3v) is 2.84. The zero-order valence-corrected chi connectivity index (χ0v) is 10.9. The summed E-state index contributed by atoms with van der Waals surface area (Å²) in [6.45, 7) is 0. The lowest BCUT2D eigenvalue weighted by Gasteiger charge is -2.21. The first-order valence-corrected chi connectivity index (χ1v) is 5.80. The molecule has 0 radical (unpaired) electrons. The van der Waals surface area contributed by atoms with E-state index in [0.29, 0.717) is 11.4 Å². The van der Waals surface area contributed by atoms with Crippen LogP contribution in [0, 0.1) is 5.41 Å². The van der Waals surface area contributed by atoms with Crippen LogP contribution in [0.1, 0.15) is 5.56 Å². The van der Waals surface area contributed by atoms with Crippen molar-refractivity contribution in [2.75, 3.05) is 19.1 Å². The van der Waals surface area contributed by atoms with Crippen LogP contribution in [0.25, 0.3) is 0 Å². The molecule has 5 heteroatoms. The average molecular weight is 256 g/mol. The molecular weight excluding hydrogens is 240 g/mol. The Balaban J connectivity index is 2.43. The molecule has 2 rings (SSSR count). The standard InChI is InChI=1S/C14H16N4O/c1-18(10-5-3-6-11(9-10)19-2)14-12(13(15)16)7-4-8-17-14/h3-9H,1-2H3,(H3,15,16). The molecule has 1 aromatic carbocycles. The minimum atomic E-state index is -0.00199. The molecular formula is C14H16N4O. The fourth-order valence-electron chi connectivity index (χ4n) is 1.82. The third-order valence-electron chi connectivity index (χ3n) is 2.84. The zero-order chi connectivity index (χ0) is 13.8.